The number of hydrogen-bond donors (Lipinski definition) is 0. The van der Waals surface area contributed by atoms with Crippen molar-refractivity contribution in [3.63, 3.8) is 0 Å². The first-order valence-corrected chi connectivity index (χ1v) is 7.08. The van der Waals surface area contributed by atoms with E-state index in [0.29, 0.717) is 6.04 Å². The molecule has 0 unspecified atom stereocenters. The molecule has 3 nitrogen and oxygen atoms in total. The van der Waals surface area contributed by atoms with Crippen LogP contribution in [0.5, 0.6) is 5.88 Å². The maximum atomic E-state index is 5.85. The summed E-state index contributed by atoms with van der Waals surface area (Å²) >= 11 is 0. The Morgan fingerprint density at radius 3 is 3.06 bits per heavy atom. The highest BCUT2D eigenvalue weighted by Gasteiger charge is 2.28. The summed E-state index contributed by atoms with van der Waals surface area (Å²) in [7, 11) is 0. The van der Waals surface area contributed by atoms with Crippen LogP contribution in [0.1, 0.15) is 51.6 Å². The predicted molar refractivity (Wildman–Crippen MR) is 73.8 cm³/mol. The Morgan fingerprint density at radius 1 is 1.50 bits per heavy atom. The number of pyridine rings is 1. The molecule has 18 heavy (non-hydrogen) atoms. The second kappa shape index (κ2) is 6.19. The minimum atomic E-state index is 0.180. The lowest BCUT2D eigenvalue weighted by Gasteiger charge is -2.25. The Bertz CT molecular complexity index is 379. The Kier molecular flexibility index (Phi) is 4.59. The van der Waals surface area contributed by atoms with Gasteiger partial charge in [0.05, 0.1) is 6.10 Å². The summed E-state index contributed by atoms with van der Waals surface area (Å²) in [5.74, 6) is 0.820. The van der Waals surface area contributed by atoms with Gasteiger partial charge in [0, 0.05) is 17.8 Å². The molecule has 0 aromatic carbocycles. The fourth-order valence-electron chi connectivity index (χ4n) is 2.71. The van der Waals surface area contributed by atoms with Crippen LogP contribution in [-0.2, 0) is 0 Å². The standard InChI is InChI=1S/C15H24N2O/c1-4-10-17-11-6-8-14(17)13-7-5-9-16-15(13)18-12(2)3/h5,7,9,12,14H,4,6,8,10-11H2,1-3H3/t14-/m1/s1. The summed E-state index contributed by atoms with van der Waals surface area (Å²) in [6, 6.07) is 4.68. The molecular weight excluding hydrogens is 224 g/mol. The summed E-state index contributed by atoms with van der Waals surface area (Å²) in [6.07, 6.45) is 5.71. The number of rotatable bonds is 5. The molecule has 0 aliphatic carbocycles. The summed E-state index contributed by atoms with van der Waals surface area (Å²) in [5, 5.41) is 0. The van der Waals surface area contributed by atoms with Crippen molar-refractivity contribution < 1.29 is 4.74 Å². The molecule has 1 aromatic rings. The lowest BCUT2D eigenvalue weighted by Crippen LogP contribution is -2.25. The highest BCUT2D eigenvalue weighted by Crippen LogP contribution is 2.36. The average Bonchev–Trinajstić information content (AvgIpc) is 2.78. The largest absolute Gasteiger partial charge is 0.475 e. The molecule has 1 aliphatic heterocycles. The zero-order valence-electron chi connectivity index (χ0n) is 11.7. The zero-order valence-corrected chi connectivity index (χ0v) is 11.7. The van der Waals surface area contributed by atoms with Gasteiger partial charge in [0.1, 0.15) is 0 Å². The second-order valence-corrected chi connectivity index (χ2v) is 5.26. The molecule has 2 heterocycles. The molecule has 0 amide bonds. The molecule has 3 heteroatoms. The van der Waals surface area contributed by atoms with E-state index in [2.05, 4.69) is 36.7 Å². The van der Waals surface area contributed by atoms with Gasteiger partial charge in [-0.1, -0.05) is 13.0 Å². The molecule has 100 valence electrons. The van der Waals surface area contributed by atoms with Crippen molar-refractivity contribution in [1.29, 1.82) is 0 Å². The van der Waals surface area contributed by atoms with E-state index < -0.39 is 0 Å². The summed E-state index contributed by atoms with van der Waals surface area (Å²) in [5.41, 5.74) is 1.26. The van der Waals surface area contributed by atoms with Gasteiger partial charge in [-0.3, -0.25) is 4.90 Å². The van der Waals surface area contributed by atoms with Crippen molar-refractivity contribution in [2.75, 3.05) is 13.1 Å². The van der Waals surface area contributed by atoms with Crippen LogP contribution in [0.2, 0.25) is 0 Å². The lowest BCUT2D eigenvalue weighted by molar-refractivity contribution is 0.212. The molecule has 0 N–H and O–H groups in total. The minimum Gasteiger partial charge on any atom is -0.475 e. The van der Waals surface area contributed by atoms with Crippen molar-refractivity contribution in [3.05, 3.63) is 23.9 Å². The molecule has 0 radical (unpaired) electrons. The fourth-order valence-corrected chi connectivity index (χ4v) is 2.71. The predicted octanol–water partition coefficient (Wildman–Crippen LogP) is 3.42. The zero-order chi connectivity index (χ0) is 13.0. The number of likely N-dealkylation sites (tertiary alicyclic amines) is 1. The quantitative estimate of drug-likeness (QED) is 0.798. The molecule has 1 atom stereocenters. The lowest BCUT2D eigenvalue weighted by atomic mass is 10.1. The van der Waals surface area contributed by atoms with E-state index in [1.165, 1.54) is 37.9 Å². The van der Waals surface area contributed by atoms with Gasteiger partial charge in [0.15, 0.2) is 0 Å². The van der Waals surface area contributed by atoms with Gasteiger partial charge >= 0.3 is 0 Å². The molecule has 1 aliphatic rings. The van der Waals surface area contributed by atoms with E-state index >= 15 is 0 Å². The normalized spacial score (nSPS) is 20.6. The molecule has 0 spiro atoms. The van der Waals surface area contributed by atoms with Crippen molar-refractivity contribution in [2.24, 2.45) is 0 Å². The Morgan fingerprint density at radius 2 is 2.33 bits per heavy atom. The van der Waals surface area contributed by atoms with Crippen LogP contribution in [0, 0.1) is 0 Å². The van der Waals surface area contributed by atoms with Gasteiger partial charge in [-0.25, -0.2) is 4.98 Å². The van der Waals surface area contributed by atoms with Crippen molar-refractivity contribution in [2.45, 2.75) is 52.2 Å². The van der Waals surface area contributed by atoms with Gasteiger partial charge in [-0.2, -0.15) is 0 Å². The van der Waals surface area contributed by atoms with Crippen LogP contribution < -0.4 is 4.74 Å². The van der Waals surface area contributed by atoms with Crippen molar-refractivity contribution in [1.82, 2.24) is 9.88 Å². The number of ether oxygens (including phenoxy) is 1. The monoisotopic (exact) mass is 248 g/mol. The maximum Gasteiger partial charge on any atom is 0.218 e. The molecule has 1 fully saturated rings. The smallest absolute Gasteiger partial charge is 0.218 e. The number of nitrogens with zero attached hydrogens (tertiary/aromatic N) is 2. The third kappa shape index (κ3) is 3.02. The number of aromatic nitrogens is 1. The first-order valence-electron chi connectivity index (χ1n) is 7.08. The van der Waals surface area contributed by atoms with Crippen LogP contribution in [0.25, 0.3) is 0 Å². The van der Waals surface area contributed by atoms with Gasteiger partial charge in [0.2, 0.25) is 5.88 Å². The maximum absolute atomic E-state index is 5.85. The third-order valence-corrected chi connectivity index (χ3v) is 3.38. The highest BCUT2D eigenvalue weighted by atomic mass is 16.5. The first-order chi connectivity index (χ1) is 8.72. The van der Waals surface area contributed by atoms with Crippen LogP contribution in [0.4, 0.5) is 0 Å². The summed E-state index contributed by atoms with van der Waals surface area (Å²) < 4.78 is 5.85. The molecule has 0 bridgehead atoms. The van der Waals surface area contributed by atoms with Crippen LogP contribution in [0.15, 0.2) is 18.3 Å². The fraction of sp³-hybridized carbons (Fsp3) is 0.667. The molecule has 0 saturated carbocycles. The Labute approximate surface area is 110 Å². The minimum absolute atomic E-state index is 0.180. The number of hydrogen-bond acceptors (Lipinski definition) is 3. The van der Waals surface area contributed by atoms with E-state index in [-0.39, 0.29) is 6.10 Å². The van der Waals surface area contributed by atoms with Gasteiger partial charge in [-0.05, 0) is 52.3 Å². The van der Waals surface area contributed by atoms with Crippen molar-refractivity contribution in [3.8, 4) is 5.88 Å². The third-order valence-electron chi connectivity index (χ3n) is 3.38. The Balaban J connectivity index is 2.20. The second-order valence-electron chi connectivity index (χ2n) is 5.26. The van der Waals surface area contributed by atoms with E-state index in [1.807, 2.05) is 12.3 Å². The van der Waals surface area contributed by atoms with E-state index in [1.54, 1.807) is 0 Å². The first kappa shape index (κ1) is 13.3. The van der Waals surface area contributed by atoms with E-state index in [0.717, 1.165) is 5.88 Å². The average molecular weight is 248 g/mol. The molecule has 1 aromatic heterocycles. The highest BCUT2D eigenvalue weighted by molar-refractivity contribution is 5.30. The van der Waals surface area contributed by atoms with Gasteiger partial charge < -0.3 is 4.74 Å². The van der Waals surface area contributed by atoms with Crippen LogP contribution >= 0.6 is 0 Å². The molecule has 2 rings (SSSR count). The summed E-state index contributed by atoms with van der Waals surface area (Å²) in [6.45, 7) is 8.72. The SMILES string of the molecule is CCCN1CCC[C@@H]1c1cccnc1OC(C)C. The van der Waals surface area contributed by atoms with E-state index in [4.69, 9.17) is 4.74 Å². The summed E-state index contributed by atoms with van der Waals surface area (Å²) in [4.78, 5) is 6.97. The Hall–Kier alpha value is -1.09. The molecular formula is C15H24N2O. The van der Waals surface area contributed by atoms with Crippen molar-refractivity contribution >= 4 is 0 Å². The van der Waals surface area contributed by atoms with Gasteiger partial charge in [0.25, 0.3) is 0 Å². The van der Waals surface area contributed by atoms with Crippen LogP contribution in [-0.4, -0.2) is 29.1 Å². The van der Waals surface area contributed by atoms with Gasteiger partial charge in [-0.15, -0.1) is 0 Å². The van der Waals surface area contributed by atoms with E-state index in [9.17, 15) is 0 Å². The topological polar surface area (TPSA) is 25.4 Å². The molecule has 1 saturated heterocycles. The van der Waals surface area contributed by atoms with Crippen LogP contribution in [0.3, 0.4) is 0 Å².